The third-order valence-electron chi connectivity index (χ3n) is 4.40. The first-order chi connectivity index (χ1) is 11.8. The maximum Gasteiger partial charge on any atom is 0.317 e. The van der Waals surface area contributed by atoms with Gasteiger partial charge in [0.05, 0.1) is 6.61 Å². The zero-order valence-corrected chi connectivity index (χ0v) is 13.9. The van der Waals surface area contributed by atoms with Crippen LogP contribution in [0.3, 0.4) is 0 Å². The first-order valence-corrected chi connectivity index (χ1v) is 8.56. The lowest BCUT2D eigenvalue weighted by Gasteiger charge is -2.17. The average molecular weight is 324 g/mol. The van der Waals surface area contributed by atoms with Crippen LogP contribution in [-0.2, 0) is 6.54 Å². The van der Waals surface area contributed by atoms with Crippen molar-refractivity contribution < 1.29 is 9.53 Å². The lowest BCUT2D eigenvalue weighted by atomic mass is 10.1. The average Bonchev–Trinajstić information content (AvgIpc) is 3.10. The molecule has 2 aromatic carbocycles. The first kappa shape index (κ1) is 16.4. The van der Waals surface area contributed by atoms with Crippen molar-refractivity contribution in [1.29, 1.82) is 0 Å². The molecule has 3 rings (SSSR count). The van der Waals surface area contributed by atoms with Gasteiger partial charge in [-0.05, 0) is 36.5 Å². The number of amides is 2. The Bertz CT molecular complexity index is 631. The fourth-order valence-corrected chi connectivity index (χ4v) is 3.00. The molecule has 4 heteroatoms. The lowest BCUT2D eigenvalue weighted by molar-refractivity contribution is 0.204. The molecule has 1 unspecified atom stereocenters. The van der Waals surface area contributed by atoms with E-state index >= 15 is 0 Å². The van der Waals surface area contributed by atoms with Crippen molar-refractivity contribution in [3.8, 4) is 5.75 Å². The SMILES string of the molecule is O=C(NCc1ccccc1)N1CCC(CCOc2ccccc2)C1. The van der Waals surface area contributed by atoms with E-state index in [0.717, 1.165) is 37.2 Å². The van der Waals surface area contributed by atoms with E-state index < -0.39 is 0 Å². The maximum atomic E-state index is 12.2. The van der Waals surface area contributed by atoms with E-state index in [4.69, 9.17) is 4.74 Å². The molecule has 4 nitrogen and oxygen atoms in total. The van der Waals surface area contributed by atoms with Crippen LogP contribution in [0.5, 0.6) is 5.75 Å². The molecule has 1 fully saturated rings. The summed E-state index contributed by atoms with van der Waals surface area (Å²) in [4.78, 5) is 14.2. The number of carbonyl (C=O) groups is 1. The van der Waals surface area contributed by atoms with Gasteiger partial charge >= 0.3 is 6.03 Å². The molecule has 1 saturated heterocycles. The summed E-state index contributed by atoms with van der Waals surface area (Å²) in [5.41, 5.74) is 1.12. The number of rotatable bonds is 6. The van der Waals surface area contributed by atoms with Crippen LogP contribution in [0.1, 0.15) is 18.4 Å². The summed E-state index contributed by atoms with van der Waals surface area (Å²) in [7, 11) is 0. The van der Waals surface area contributed by atoms with Crippen molar-refractivity contribution in [3.63, 3.8) is 0 Å². The molecule has 0 saturated carbocycles. The Kier molecular flexibility index (Phi) is 5.72. The van der Waals surface area contributed by atoms with Gasteiger partial charge in [0.1, 0.15) is 5.75 Å². The highest BCUT2D eigenvalue weighted by molar-refractivity contribution is 5.74. The number of ether oxygens (including phenoxy) is 1. The summed E-state index contributed by atoms with van der Waals surface area (Å²) in [6.07, 6.45) is 2.04. The second-order valence-corrected chi connectivity index (χ2v) is 6.20. The number of urea groups is 1. The normalized spacial score (nSPS) is 16.8. The molecule has 24 heavy (non-hydrogen) atoms. The van der Waals surface area contributed by atoms with Crippen molar-refractivity contribution in [2.24, 2.45) is 5.92 Å². The lowest BCUT2D eigenvalue weighted by Crippen LogP contribution is -2.38. The highest BCUT2D eigenvalue weighted by Gasteiger charge is 2.25. The molecule has 0 spiro atoms. The topological polar surface area (TPSA) is 41.6 Å². The summed E-state index contributed by atoms with van der Waals surface area (Å²) in [6.45, 7) is 2.93. The third-order valence-corrected chi connectivity index (χ3v) is 4.40. The number of nitrogens with zero attached hydrogens (tertiary/aromatic N) is 1. The fourth-order valence-electron chi connectivity index (χ4n) is 3.00. The van der Waals surface area contributed by atoms with Crippen molar-refractivity contribution in [1.82, 2.24) is 10.2 Å². The van der Waals surface area contributed by atoms with E-state index in [9.17, 15) is 4.79 Å². The molecule has 126 valence electrons. The summed E-state index contributed by atoms with van der Waals surface area (Å²) >= 11 is 0. The Balaban J connectivity index is 1.36. The van der Waals surface area contributed by atoms with Crippen molar-refractivity contribution in [2.45, 2.75) is 19.4 Å². The second kappa shape index (κ2) is 8.39. The molecule has 0 aromatic heterocycles. The zero-order valence-electron chi connectivity index (χ0n) is 13.9. The van der Waals surface area contributed by atoms with E-state index in [2.05, 4.69) is 5.32 Å². The van der Waals surface area contributed by atoms with Crippen LogP contribution < -0.4 is 10.1 Å². The standard InChI is InChI=1S/C20H24N2O2/c23-20(21-15-17-7-3-1-4-8-17)22-13-11-18(16-22)12-14-24-19-9-5-2-6-10-19/h1-10,18H,11-16H2,(H,21,23). The number of benzene rings is 2. The molecule has 0 radical (unpaired) electrons. The Morgan fingerprint density at radius 1 is 1.08 bits per heavy atom. The second-order valence-electron chi connectivity index (χ2n) is 6.20. The fraction of sp³-hybridized carbons (Fsp3) is 0.350. The van der Waals surface area contributed by atoms with E-state index in [1.165, 1.54) is 0 Å². The van der Waals surface area contributed by atoms with Gasteiger partial charge in [-0.3, -0.25) is 0 Å². The van der Waals surface area contributed by atoms with Gasteiger partial charge in [-0.1, -0.05) is 48.5 Å². The predicted molar refractivity (Wildman–Crippen MR) is 94.9 cm³/mol. The summed E-state index contributed by atoms with van der Waals surface area (Å²) in [5, 5.41) is 3.00. The summed E-state index contributed by atoms with van der Waals surface area (Å²) < 4.78 is 5.75. The van der Waals surface area contributed by atoms with Crippen LogP contribution in [0.25, 0.3) is 0 Å². The molecule has 1 aliphatic rings. The van der Waals surface area contributed by atoms with Gasteiger partial charge in [-0.15, -0.1) is 0 Å². The maximum absolute atomic E-state index is 12.2. The number of carbonyl (C=O) groups excluding carboxylic acids is 1. The quantitative estimate of drug-likeness (QED) is 0.880. The van der Waals surface area contributed by atoms with E-state index in [-0.39, 0.29) is 6.03 Å². The van der Waals surface area contributed by atoms with Crippen LogP contribution in [0.2, 0.25) is 0 Å². The van der Waals surface area contributed by atoms with E-state index in [0.29, 0.717) is 19.1 Å². The van der Waals surface area contributed by atoms with Gasteiger partial charge in [0.25, 0.3) is 0 Å². The third kappa shape index (κ3) is 4.75. The molecule has 0 bridgehead atoms. The smallest absolute Gasteiger partial charge is 0.317 e. The zero-order chi connectivity index (χ0) is 16.6. The number of nitrogens with one attached hydrogen (secondary N) is 1. The molecular weight excluding hydrogens is 300 g/mol. The van der Waals surface area contributed by atoms with Gasteiger partial charge in [-0.25, -0.2) is 4.79 Å². The Labute approximate surface area is 143 Å². The predicted octanol–water partition coefficient (Wildman–Crippen LogP) is 3.69. The number of hydrogen-bond acceptors (Lipinski definition) is 2. The van der Waals surface area contributed by atoms with Gasteiger partial charge < -0.3 is 15.0 Å². The van der Waals surface area contributed by atoms with Gasteiger partial charge in [0.2, 0.25) is 0 Å². The monoisotopic (exact) mass is 324 g/mol. The minimum atomic E-state index is 0.0327. The molecule has 1 heterocycles. The molecule has 1 N–H and O–H groups in total. The summed E-state index contributed by atoms with van der Waals surface area (Å²) in [5.74, 6) is 1.43. The van der Waals surface area contributed by atoms with E-state index in [1.54, 1.807) is 0 Å². The van der Waals surface area contributed by atoms with Crippen LogP contribution >= 0.6 is 0 Å². The Hall–Kier alpha value is -2.49. The number of hydrogen-bond donors (Lipinski definition) is 1. The Morgan fingerprint density at radius 3 is 2.54 bits per heavy atom. The molecule has 2 aromatic rings. The van der Waals surface area contributed by atoms with Crippen LogP contribution in [0.4, 0.5) is 4.79 Å². The van der Waals surface area contributed by atoms with Crippen LogP contribution in [0, 0.1) is 5.92 Å². The van der Waals surface area contributed by atoms with E-state index in [1.807, 2.05) is 65.6 Å². The minimum Gasteiger partial charge on any atom is -0.494 e. The van der Waals surface area contributed by atoms with Crippen LogP contribution in [-0.4, -0.2) is 30.6 Å². The largest absolute Gasteiger partial charge is 0.494 e. The molecule has 2 amide bonds. The highest BCUT2D eigenvalue weighted by atomic mass is 16.5. The van der Waals surface area contributed by atoms with Gasteiger partial charge in [0.15, 0.2) is 0 Å². The van der Waals surface area contributed by atoms with Crippen molar-refractivity contribution in [2.75, 3.05) is 19.7 Å². The van der Waals surface area contributed by atoms with Gasteiger partial charge in [0, 0.05) is 19.6 Å². The minimum absolute atomic E-state index is 0.0327. The number of para-hydroxylation sites is 1. The molecule has 1 atom stereocenters. The van der Waals surface area contributed by atoms with Crippen molar-refractivity contribution in [3.05, 3.63) is 66.2 Å². The molecular formula is C20H24N2O2. The Morgan fingerprint density at radius 2 is 1.79 bits per heavy atom. The highest BCUT2D eigenvalue weighted by Crippen LogP contribution is 2.20. The molecule has 1 aliphatic heterocycles. The van der Waals surface area contributed by atoms with Crippen molar-refractivity contribution >= 4 is 6.03 Å². The van der Waals surface area contributed by atoms with Crippen LogP contribution in [0.15, 0.2) is 60.7 Å². The van der Waals surface area contributed by atoms with Gasteiger partial charge in [-0.2, -0.15) is 0 Å². The number of likely N-dealkylation sites (tertiary alicyclic amines) is 1. The molecule has 0 aliphatic carbocycles. The first-order valence-electron chi connectivity index (χ1n) is 8.56. The summed E-state index contributed by atoms with van der Waals surface area (Å²) in [6, 6.07) is 19.9.